The van der Waals surface area contributed by atoms with Gasteiger partial charge in [-0.2, -0.15) is 0 Å². The molecule has 0 spiro atoms. The van der Waals surface area contributed by atoms with Crippen molar-refractivity contribution in [1.29, 1.82) is 0 Å². The third-order valence-electron chi connectivity index (χ3n) is 3.83. The standard InChI is InChI=1S/C23H14O6/c1-12(2)5-7-14-9-17(25)16(11-24)19-20(23(27)29-21(14)19)18-10-15(22(26)28-18)8-6-13(3)4/h9-11,25H,1,3H2,2,4H3. The molecule has 2 aliphatic rings. The summed E-state index contributed by atoms with van der Waals surface area (Å²) in [5.74, 6) is 8.60. The number of aromatic hydroxyl groups is 1. The molecule has 0 bridgehead atoms. The number of allylic oxidation sites excluding steroid dienone is 3. The maximum absolute atomic E-state index is 12.6. The smallest absolute Gasteiger partial charge is 0.352 e. The van der Waals surface area contributed by atoms with Crippen LogP contribution in [-0.2, 0) is 14.3 Å². The molecule has 0 saturated carbocycles. The van der Waals surface area contributed by atoms with E-state index in [1.165, 1.54) is 12.1 Å². The molecule has 29 heavy (non-hydrogen) atoms. The quantitative estimate of drug-likeness (QED) is 0.262. The topological polar surface area (TPSA) is 89.9 Å². The normalized spacial score (nSPS) is 16.4. The summed E-state index contributed by atoms with van der Waals surface area (Å²) in [5.41, 5.74) is 0.951. The fourth-order valence-corrected chi connectivity index (χ4v) is 2.63. The van der Waals surface area contributed by atoms with Gasteiger partial charge in [0.25, 0.3) is 0 Å². The van der Waals surface area contributed by atoms with Gasteiger partial charge >= 0.3 is 11.9 Å². The van der Waals surface area contributed by atoms with Crippen LogP contribution in [0.25, 0.3) is 5.57 Å². The van der Waals surface area contributed by atoms with Crippen molar-refractivity contribution in [2.24, 2.45) is 0 Å². The number of benzene rings is 1. The molecule has 1 aromatic rings. The summed E-state index contributed by atoms with van der Waals surface area (Å²) in [7, 11) is 0. The zero-order valence-corrected chi connectivity index (χ0v) is 15.6. The first-order valence-corrected chi connectivity index (χ1v) is 8.33. The van der Waals surface area contributed by atoms with Crippen LogP contribution in [0.4, 0.5) is 0 Å². The Kier molecular flexibility index (Phi) is 4.95. The Morgan fingerprint density at radius 3 is 2.34 bits per heavy atom. The molecule has 2 heterocycles. The molecule has 0 unspecified atom stereocenters. The second-order valence-corrected chi connectivity index (χ2v) is 6.32. The fourth-order valence-electron chi connectivity index (χ4n) is 2.63. The number of fused-ring (bicyclic) bond motifs is 1. The number of ether oxygens (including phenoxy) is 2. The van der Waals surface area contributed by atoms with Crippen LogP contribution in [0.15, 0.2) is 47.8 Å². The maximum Gasteiger partial charge on any atom is 0.352 e. The van der Waals surface area contributed by atoms with Crippen LogP contribution in [0, 0.1) is 23.7 Å². The second kappa shape index (κ2) is 7.38. The highest BCUT2D eigenvalue weighted by molar-refractivity contribution is 6.25. The Bertz CT molecular complexity index is 1220. The Labute approximate surface area is 166 Å². The summed E-state index contributed by atoms with van der Waals surface area (Å²) in [5, 5.41) is 10.3. The van der Waals surface area contributed by atoms with Gasteiger partial charge in [-0.25, -0.2) is 9.59 Å². The highest BCUT2D eigenvalue weighted by Gasteiger charge is 2.38. The summed E-state index contributed by atoms with van der Waals surface area (Å²) in [6.45, 7) is 10.6. The highest BCUT2D eigenvalue weighted by atomic mass is 16.6. The van der Waals surface area contributed by atoms with E-state index in [0.29, 0.717) is 17.4 Å². The molecule has 0 amide bonds. The first kappa shape index (κ1) is 19.5. The highest BCUT2D eigenvalue weighted by Crippen LogP contribution is 2.45. The van der Waals surface area contributed by atoms with Gasteiger partial charge in [-0.05, 0) is 25.0 Å². The van der Waals surface area contributed by atoms with Crippen LogP contribution in [0.3, 0.4) is 0 Å². The van der Waals surface area contributed by atoms with E-state index in [0.717, 1.165) is 0 Å². The number of esters is 2. The minimum atomic E-state index is -0.847. The molecule has 2 aliphatic heterocycles. The molecule has 0 aliphatic carbocycles. The number of carbonyl (C=O) groups excluding carboxylic acids is 3. The average molecular weight is 386 g/mol. The number of hydrogen-bond donors (Lipinski definition) is 1. The third-order valence-corrected chi connectivity index (χ3v) is 3.83. The minimum Gasteiger partial charge on any atom is -0.507 e. The molecular weight excluding hydrogens is 372 g/mol. The average Bonchev–Trinajstić information content (AvgIpc) is 3.17. The first-order chi connectivity index (χ1) is 13.7. The number of phenolic OH excluding ortho intramolecular Hbond substituents is 1. The van der Waals surface area contributed by atoms with Crippen LogP contribution in [0.2, 0.25) is 0 Å². The third kappa shape index (κ3) is 3.60. The van der Waals surface area contributed by atoms with E-state index in [9.17, 15) is 19.5 Å². The van der Waals surface area contributed by atoms with Crippen molar-refractivity contribution in [3.63, 3.8) is 0 Å². The van der Waals surface area contributed by atoms with Crippen LogP contribution in [-0.4, -0.2) is 23.3 Å². The van der Waals surface area contributed by atoms with Gasteiger partial charge in [0.1, 0.15) is 22.7 Å². The Morgan fingerprint density at radius 2 is 1.72 bits per heavy atom. The molecule has 1 aromatic carbocycles. The lowest BCUT2D eigenvalue weighted by Gasteiger charge is -2.07. The molecular formula is C23H14O6. The molecule has 6 heteroatoms. The summed E-state index contributed by atoms with van der Waals surface area (Å²) in [6.07, 6.45) is 1.66. The summed E-state index contributed by atoms with van der Waals surface area (Å²) < 4.78 is 10.5. The van der Waals surface area contributed by atoms with Crippen molar-refractivity contribution in [3.8, 4) is 35.2 Å². The lowest BCUT2D eigenvalue weighted by atomic mass is 9.96. The zero-order chi connectivity index (χ0) is 21.3. The Balaban J connectivity index is 2.28. The Hall–Kier alpha value is -4.29. The fraction of sp³-hybridized carbons (Fsp3) is 0.0870. The van der Waals surface area contributed by atoms with Gasteiger partial charge in [0.15, 0.2) is 12.0 Å². The maximum atomic E-state index is 12.6. The second-order valence-electron chi connectivity index (χ2n) is 6.32. The number of phenols is 1. The van der Waals surface area contributed by atoms with Gasteiger partial charge in [-0.1, -0.05) is 36.8 Å². The lowest BCUT2D eigenvalue weighted by molar-refractivity contribution is -0.132. The number of aldehydes is 1. The van der Waals surface area contributed by atoms with E-state index in [2.05, 4.69) is 36.8 Å². The molecule has 6 nitrogen and oxygen atoms in total. The molecule has 0 aromatic heterocycles. The minimum absolute atomic E-state index is 0.00271. The van der Waals surface area contributed by atoms with Gasteiger partial charge in [0.05, 0.1) is 16.7 Å². The van der Waals surface area contributed by atoms with Gasteiger partial charge in [0, 0.05) is 12.1 Å². The van der Waals surface area contributed by atoms with E-state index in [-0.39, 0.29) is 39.3 Å². The monoisotopic (exact) mass is 386 g/mol. The first-order valence-electron chi connectivity index (χ1n) is 8.33. The molecule has 142 valence electrons. The van der Waals surface area contributed by atoms with Crippen LogP contribution in [0.1, 0.15) is 35.3 Å². The van der Waals surface area contributed by atoms with E-state index < -0.39 is 17.7 Å². The van der Waals surface area contributed by atoms with Crippen LogP contribution in [0.5, 0.6) is 11.5 Å². The van der Waals surface area contributed by atoms with Crippen molar-refractivity contribution in [2.45, 2.75) is 13.8 Å². The summed E-state index contributed by atoms with van der Waals surface area (Å²) in [6, 6.07) is 1.22. The largest absolute Gasteiger partial charge is 0.507 e. The van der Waals surface area contributed by atoms with E-state index >= 15 is 0 Å². The summed E-state index contributed by atoms with van der Waals surface area (Å²) in [4.78, 5) is 36.2. The van der Waals surface area contributed by atoms with Gasteiger partial charge in [0.2, 0.25) is 0 Å². The van der Waals surface area contributed by atoms with Crippen molar-refractivity contribution in [2.75, 3.05) is 0 Å². The van der Waals surface area contributed by atoms with Crippen molar-refractivity contribution in [1.82, 2.24) is 0 Å². The molecule has 0 saturated heterocycles. The number of cyclic esters (lactones) is 1. The molecule has 0 atom stereocenters. The van der Waals surface area contributed by atoms with Crippen LogP contribution >= 0.6 is 0 Å². The van der Waals surface area contributed by atoms with Gasteiger partial charge in [-0.15, -0.1) is 0 Å². The lowest BCUT2D eigenvalue weighted by Crippen LogP contribution is -2.05. The zero-order valence-electron chi connectivity index (χ0n) is 15.6. The predicted molar refractivity (Wildman–Crippen MR) is 105 cm³/mol. The Morgan fingerprint density at radius 1 is 1.07 bits per heavy atom. The van der Waals surface area contributed by atoms with Crippen LogP contribution < -0.4 is 4.74 Å². The van der Waals surface area contributed by atoms with E-state index in [4.69, 9.17) is 9.47 Å². The van der Waals surface area contributed by atoms with Crippen molar-refractivity contribution < 1.29 is 29.0 Å². The number of hydrogen-bond acceptors (Lipinski definition) is 6. The van der Waals surface area contributed by atoms with E-state index in [1.807, 2.05) is 0 Å². The SMILES string of the molecule is C=C(C)C#CC1=CC(=C2C(=O)Oc3c(C#CC(=C)C)cc(O)c(C=O)c32)OC1=O. The predicted octanol–water partition coefficient (Wildman–Crippen LogP) is 2.83. The van der Waals surface area contributed by atoms with E-state index in [1.54, 1.807) is 13.8 Å². The van der Waals surface area contributed by atoms with Gasteiger partial charge in [-0.3, -0.25) is 4.79 Å². The van der Waals surface area contributed by atoms with Crippen molar-refractivity contribution in [3.05, 3.63) is 64.5 Å². The molecule has 3 rings (SSSR count). The number of carbonyl (C=O) groups is 3. The molecule has 0 fully saturated rings. The molecule has 1 N–H and O–H groups in total. The number of rotatable bonds is 1. The molecule has 0 radical (unpaired) electrons. The van der Waals surface area contributed by atoms with Crippen molar-refractivity contribution >= 4 is 23.8 Å². The van der Waals surface area contributed by atoms with Gasteiger partial charge < -0.3 is 14.6 Å². The summed E-state index contributed by atoms with van der Waals surface area (Å²) >= 11 is 0.